The highest BCUT2D eigenvalue weighted by molar-refractivity contribution is 4.88. The Morgan fingerprint density at radius 3 is 2.55 bits per heavy atom. The van der Waals surface area contributed by atoms with Crippen molar-refractivity contribution in [3.05, 3.63) is 0 Å². The molecule has 0 amide bonds. The van der Waals surface area contributed by atoms with Crippen LogP contribution in [0.4, 0.5) is 0 Å². The van der Waals surface area contributed by atoms with Crippen LogP contribution in [0.1, 0.15) is 19.8 Å². The van der Waals surface area contributed by atoms with Crippen LogP contribution in [0.15, 0.2) is 0 Å². The number of piperazine rings is 1. The number of nitrogens with zero attached hydrogens (tertiary/aromatic N) is 2. The molecule has 0 aromatic carbocycles. The smallest absolute Gasteiger partial charge is 0.0558 e. The lowest BCUT2D eigenvalue weighted by Gasteiger charge is -2.43. The number of hydrogen-bond donors (Lipinski definition) is 2. The zero-order valence-corrected chi connectivity index (χ0v) is 12.9. The normalized spacial score (nSPS) is 29.7. The van der Waals surface area contributed by atoms with E-state index in [-0.39, 0.29) is 6.61 Å². The number of ether oxygens (including phenoxy) is 1. The van der Waals surface area contributed by atoms with Gasteiger partial charge in [0.1, 0.15) is 0 Å². The van der Waals surface area contributed by atoms with Gasteiger partial charge in [0.2, 0.25) is 0 Å². The van der Waals surface area contributed by atoms with E-state index in [0.29, 0.717) is 5.41 Å². The highest BCUT2D eigenvalue weighted by Gasteiger charge is 2.35. The van der Waals surface area contributed by atoms with Gasteiger partial charge in [0.15, 0.2) is 0 Å². The van der Waals surface area contributed by atoms with Gasteiger partial charge in [-0.25, -0.2) is 0 Å². The average molecular weight is 285 g/mol. The molecular weight excluding hydrogens is 254 g/mol. The fourth-order valence-electron chi connectivity index (χ4n) is 3.41. The van der Waals surface area contributed by atoms with E-state index in [0.717, 1.165) is 65.6 Å². The van der Waals surface area contributed by atoms with Crippen LogP contribution in [0, 0.1) is 5.41 Å². The van der Waals surface area contributed by atoms with Crippen LogP contribution in [-0.2, 0) is 4.74 Å². The van der Waals surface area contributed by atoms with Crippen molar-refractivity contribution >= 4 is 0 Å². The third-order valence-corrected chi connectivity index (χ3v) is 4.59. The van der Waals surface area contributed by atoms with Gasteiger partial charge in [-0.15, -0.1) is 0 Å². The molecule has 0 aromatic rings. The number of aliphatic hydroxyl groups is 1. The zero-order chi connectivity index (χ0) is 14.3. The summed E-state index contributed by atoms with van der Waals surface area (Å²) in [6.07, 6.45) is 2.47. The highest BCUT2D eigenvalue weighted by Crippen LogP contribution is 2.29. The van der Waals surface area contributed by atoms with Gasteiger partial charge in [-0.3, -0.25) is 4.90 Å². The van der Waals surface area contributed by atoms with E-state index in [1.165, 1.54) is 12.8 Å². The van der Waals surface area contributed by atoms with E-state index in [4.69, 9.17) is 9.84 Å². The first-order valence-electron chi connectivity index (χ1n) is 8.12. The fraction of sp³-hybridized carbons (Fsp3) is 1.00. The minimum atomic E-state index is 0.276. The monoisotopic (exact) mass is 285 g/mol. The van der Waals surface area contributed by atoms with Gasteiger partial charge >= 0.3 is 0 Å². The van der Waals surface area contributed by atoms with Crippen molar-refractivity contribution < 1.29 is 9.84 Å². The first kappa shape index (κ1) is 16.2. The molecule has 2 heterocycles. The zero-order valence-electron chi connectivity index (χ0n) is 12.9. The van der Waals surface area contributed by atoms with Crippen molar-refractivity contribution in [2.24, 2.45) is 5.41 Å². The van der Waals surface area contributed by atoms with Crippen LogP contribution < -0.4 is 5.32 Å². The maximum Gasteiger partial charge on any atom is 0.0558 e. The average Bonchev–Trinajstić information content (AvgIpc) is 2.49. The molecule has 0 bridgehead atoms. The lowest BCUT2D eigenvalue weighted by Crippen LogP contribution is -2.54. The SMILES string of the molecule is CCNCC1(CN2CCN(CCO)CC2)CCCOC1. The molecule has 2 aliphatic heterocycles. The summed E-state index contributed by atoms with van der Waals surface area (Å²) in [7, 11) is 0. The standard InChI is InChI=1S/C15H31N3O2/c1-2-16-12-15(4-3-11-20-14-15)13-18-7-5-17(6-8-18)9-10-19/h16,19H,2-14H2,1H3. The summed E-state index contributed by atoms with van der Waals surface area (Å²) in [5.41, 5.74) is 0.299. The lowest BCUT2D eigenvalue weighted by molar-refractivity contribution is -0.0331. The van der Waals surface area contributed by atoms with E-state index >= 15 is 0 Å². The fourth-order valence-corrected chi connectivity index (χ4v) is 3.41. The Balaban J connectivity index is 1.82. The van der Waals surface area contributed by atoms with Crippen LogP contribution in [-0.4, -0.2) is 87.1 Å². The second-order valence-corrected chi connectivity index (χ2v) is 6.28. The molecule has 0 aromatic heterocycles. The maximum atomic E-state index is 9.00. The summed E-state index contributed by atoms with van der Waals surface area (Å²) in [5, 5.41) is 12.5. The number of nitrogens with one attached hydrogen (secondary N) is 1. The van der Waals surface area contributed by atoms with Crippen LogP contribution in [0.2, 0.25) is 0 Å². The molecule has 2 saturated heterocycles. The summed E-state index contributed by atoms with van der Waals surface area (Å²) in [4.78, 5) is 4.94. The van der Waals surface area contributed by atoms with E-state index < -0.39 is 0 Å². The van der Waals surface area contributed by atoms with Crippen molar-refractivity contribution in [1.82, 2.24) is 15.1 Å². The number of aliphatic hydroxyl groups excluding tert-OH is 1. The molecule has 0 saturated carbocycles. The first-order valence-corrected chi connectivity index (χ1v) is 8.12. The molecule has 118 valence electrons. The summed E-state index contributed by atoms with van der Waals surface area (Å²) in [6.45, 7) is 12.7. The third kappa shape index (κ3) is 4.67. The Bertz CT molecular complexity index is 262. The molecular formula is C15H31N3O2. The predicted octanol–water partition coefficient (Wildman–Crippen LogP) is 0.00260. The summed E-state index contributed by atoms with van der Waals surface area (Å²) in [5.74, 6) is 0. The Labute approximate surface area is 123 Å². The minimum Gasteiger partial charge on any atom is -0.395 e. The van der Waals surface area contributed by atoms with E-state index in [2.05, 4.69) is 22.0 Å². The summed E-state index contributed by atoms with van der Waals surface area (Å²) >= 11 is 0. The van der Waals surface area contributed by atoms with Crippen molar-refractivity contribution in [3.8, 4) is 0 Å². The molecule has 2 fully saturated rings. The van der Waals surface area contributed by atoms with Gasteiger partial charge in [0.25, 0.3) is 0 Å². The Hall–Kier alpha value is -0.200. The number of rotatable bonds is 7. The van der Waals surface area contributed by atoms with Gasteiger partial charge in [-0.05, 0) is 19.4 Å². The Morgan fingerprint density at radius 2 is 1.95 bits per heavy atom. The van der Waals surface area contributed by atoms with Crippen LogP contribution >= 0.6 is 0 Å². The van der Waals surface area contributed by atoms with Gasteiger partial charge in [0, 0.05) is 57.8 Å². The maximum absolute atomic E-state index is 9.00. The molecule has 1 atom stereocenters. The van der Waals surface area contributed by atoms with Crippen LogP contribution in [0.25, 0.3) is 0 Å². The van der Waals surface area contributed by atoms with Crippen molar-refractivity contribution in [2.75, 3.05) is 72.2 Å². The second kappa shape index (κ2) is 8.29. The summed E-state index contributed by atoms with van der Waals surface area (Å²) in [6, 6.07) is 0. The van der Waals surface area contributed by atoms with Crippen LogP contribution in [0.3, 0.4) is 0 Å². The molecule has 5 heteroatoms. The quantitative estimate of drug-likeness (QED) is 0.690. The highest BCUT2D eigenvalue weighted by atomic mass is 16.5. The Kier molecular flexibility index (Phi) is 6.71. The lowest BCUT2D eigenvalue weighted by atomic mass is 9.81. The van der Waals surface area contributed by atoms with Crippen molar-refractivity contribution in [1.29, 1.82) is 0 Å². The van der Waals surface area contributed by atoms with E-state index in [1.54, 1.807) is 0 Å². The van der Waals surface area contributed by atoms with Gasteiger partial charge in [-0.2, -0.15) is 0 Å². The second-order valence-electron chi connectivity index (χ2n) is 6.28. The van der Waals surface area contributed by atoms with Crippen LogP contribution in [0.5, 0.6) is 0 Å². The van der Waals surface area contributed by atoms with Crippen molar-refractivity contribution in [3.63, 3.8) is 0 Å². The third-order valence-electron chi connectivity index (χ3n) is 4.59. The Morgan fingerprint density at radius 1 is 1.20 bits per heavy atom. The molecule has 1 unspecified atom stereocenters. The van der Waals surface area contributed by atoms with E-state index in [1.807, 2.05) is 0 Å². The van der Waals surface area contributed by atoms with E-state index in [9.17, 15) is 0 Å². The van der Waals surface area contributed by atoms with Crippen molar-refractivity contribution in [2.45, 2.75) is 19.8 Å². The molecule has 5 nitrogen and oxygen atoms in total. The topological polar surface area (TPSA) is 48.0 Å². The molecule has 20 heavy (non-hydrogen) atoms. The summed E-state index contributed by atoms with van der Waals surface area (Å²) < 4.78 is 5.77. The largest absolute Gasteiger partial charge is 0.395 e. The molecule has 0 spiro atoms. The first-order chi connectivity index (χ1) is 9.78. The van der Waals surface area contributed by atoms with Gasteiger partial charge in [-0.1, -0.05) is 6.92 Å². The minimum absolute atomic E-state index is 0.276. The molecule has 0 radical (unpaired) electrons. The molecule has 0 aliphatic carbocycles. The molecule has 2 aliphatic rings. The molecule has 2 N–H and O–H groups in total. The molecule has 2 rings (SSSR count). The predicted molar refractivity (Wildman–Crippen MR) is 81.0 cm³/mol. The number of β-amino-alcohol motifs (C(OH)–C–C–N with tert-alkyl or cyclic N) is 1. The van der Waals surface area contributed by atoms with Gasteiger partial charge < -0.3 is 20.1 Å². The number of hydrogen-bond acceptors (Lipinski definition) is 5. The van der Waals surface area contributed by atoms with Gasteiger partial charge in [0.05, 0.1) is 13.2 Å².